The van der Waals surface area contributed by atoms with Crippen LogP contribution in [-0.2, 0) is 16.0 Å². The first kappa shape index (κ1) is 19.7. The molecule has 2 aromatic carbocycles. The van der Waals surface area contributed by atoms with E-state index in [4.69, 9.17) is 4.74 Å². The smallest absolute Gasteiger partial charge is 0.246 e. The molecule has 2 amide bonds. The molecule has 0 spiro atoms. The van der Waals surface area contributed by atoms with Gasteiger partial charge < -0.3 is 20.3 Å². The van der Waals surface area contributed by atoms with Gasteiger partial charge >= 0.3 is 0 Å². The third-order valence-electron chi connectivity index (χ3n) is 4.88. The van der Waals surface area contributed by atoms with Crippen LogP contribution in [0, 0.1) is 0 Å². The normalized spacial score (nSPS) is 14.0. The SMILES string of the molecule is CCOc1ccc(NC(=O)C(C)N2CCCc3c(NC(C)=O)cccc32)cc1. The van der Waals surface area contributed by atoms with Crippen LogP contribution in [0.3, 0.4) is 0 Å². The topological polar surface area (TPSA) is 70.7 Å². The van der Waals surface area contributed by atoms with E-state index in [1.807, 2.05) is 56.3 Å². The number of nitrogens with zero attached hydrogens (tertiary/aromatic N) is 1. The Labute approximate surface area is 165 Å². The number of anilines is 3. The fourth-order valence-corrected chi connectivity index (χ4v) is 3.55. The zero-order valence-electron chi connectivity index (χ0n) is 16.6. The molecule has 3 rings (SSSR count). The molecular weight excluding hydrogens is 354 g/mol. The van der Waals surface area contributed by atoms with Gasteiger partial charge in [-0.05, 0) is 68.7 Å². The maximum atomic E-state index is 12.8. The molecular formula is C22H27N3O3. The molecule has 1 heterocycles. The van der Waals surface area contributed by atoms with Gasteiger partial charge in [-0.2, -0.15) is 0 Å². The summed E-state index contributed by atoms with van der Waals surface area (Å²) in [4.78, 5) is 26.4. The van der Waals surface area contributed by atoms with Crippen LogP contribution >= 0.6 is 0 Å². The molecule has 28 heavy (non-hydrogen) atoms. The van der Waals surface area contributed by atoms with Crippen LogP contribution in [-0.4, -0.2) is 31.0 Å². The first-order valence-corrected chi connectivity index (χ1v) is 9.69. The highest BCUT2D eigenvalue weighted by Gasteiger charge is 2.27. The fourth-order valence-electron chi connectivity index (χ4n) is 3.55. The number of rotatable bonds is 6. The minimum absolute atomic E-state index is 0.0676. The number of carbonyl (C=O) groups excluding carboxylic acids is 2. The molecule has 1 unspecified atom stereocenters. The van der Waals surface area contributed by atoms with Crippen molar-refractivity contribution in [2.75, 3.05) is 28.7 Å². The van der Waals surface area contributed by atoms with Crippen LogP contribution in [0.15, 0.2) is 42.5 Å². The standard InChI is InChI=1S/C22H27N3O3/c1-4-28-18-12-10-17(11-13-18)24-22(27)15(2)25-14-6-7-19-20(23-16(3)26)8-5-9-21(19)25/h5,8-13,15H,4,6-7,14H2,1-3H3,(H,23,26)(H,24,27). The van der Waals surface area contributed by atoms with Crippen molar-refractivity contribution in [1.29, 1.82) is 0 Å². The summed E-state index contributed by atoms with van der Waals surface area (Å²) >= 11 is 0. The molecule has 0 fully saturated rings. The van der Waals surface area contributed by atoms with E-state index in [0.717, 1.165) is 47.8 Å². The van der Waals surface area contributed by atoms with Crippen LogP contribution in [0.25, 0.3) is 0 Å². The second-order valence-electron chi connectivity index (χ2n) is 6.90. The molecule has 6 heteroatoms. The van der Waals surface area contributed by atoms with Crippen LogP contribution < -0.4 is 20.3 Å². The molecule has 0 aromatic heterocycles. The van der Waals surface area contributed by atoms with Gasteiger partial charge in [-0.25, -0.2) is 0 Å². The fraction of sp³-hybridized carbons (Fsp3) is 0.364. The number of benzene rings is 2. The Morgan fingerprint density at radius 3 is 2.57 bits per heavy atom. The third kappa shape index (κ3) is 4.44. The Kier molecular flexibility index (Phi) is 6.19. The van der Waals surface area contributed by atoms with Crippen LogP contribution in [0.1, 0.15) is 32.8 Å². The zero-order valence-corrected chi connectivity index (χ0v) is 16.6. The highest BCUT2D eigenvalue weighted by Crippen LogP contribution is 2.34. The molecule has 0 bridgehead atoms. The van der Waals surface area contributed by atoms with E-state index < -0.39 is 0 Å². The van der Waals surface area contributed by atoms with Crippen molar-refractivity contribution in [2.45, 2.75) is 39.7 Å². The molecule has 0 saturated heterocycles. The Morgan fingerprint density at radius 1 is 1.14 bits per heavy atom. The monoisotopic (exact) mass is 381 g/mol. The molecule has 0 radical (unpaired) electrons. The summed E-state index contributed by atoms with van der Waals surface area (Å²) in [5.74, 6) is 0.623. The van der Waals surface area contributed by atoms with E-state index in [0.29, 0.717) is 6.61 Å². The molecule has 6 nitrogen and oxygen atoms in total. The Balaban J connectivity index is 1.75. The lowest BCUT2D eigenvalue weighted by atomic mass is 9.98. The predicted octanol–water partition coefficient (Wildman–Crippen LogP) is 3.82. The lowest BCUT2D eigenvalue weighted by Gasteiger charge is -2.36. The number of ether oxygens (including phenoxy) is 1. The Bertz CT molecular complexity index is 849. The van der Waals surface area contributed by atoms with Gasteiger partial charge in [0, 0.05) is 30.5 Å². The minimum Gasteiger partial charge on any atom is -0.494 e. The largest absolute Gasteiger partial charge is 0.494 e. The van der Waals surface area contributed by atoms with Crippen molar-refractivity contribution in [3.05, 3.63) is 48.0 Å². The van der Waals surface area contributed by atoms with Crippen LogP contribution in [0.5, 0.6) is 5.75 Å². The second kappa shape index (κ2) is 8.78. The molecule has 2 N–H and O–H groups in total. The number of hydrogen-bond acceptors (Lipinski definition) is 4. The summed E-state index contributed by atoms with van der Waals surface area (Å²) in [5, 5.41) is 5.88. The lowest BCUT2D eigenvalue weighted by molar-refractivity contribution is -0.117. The highest BCUT2D eigenvalue weighted by atomic mass is 16.5. The van der Waals surface area contributed by atoms with Gasteiger partial charge in [0.05, 0.1) is 6.61 Å². The Hall–Kier alpha value is -3.02. The van der Waals surface area contributed by atoms with Crippen molar-refractivity contribution in [3.8, 4) is 5.75 Å². The predicted molar refractivity (Wildman–Crippen MR) is 112 cm³/mol. The van der Waals surface area contributed by atoms with Gasteiger partial charge in [0.25, 0.3) is 0 Å². The van der Waals surface area contributed by atoms with Crippen molar-refractivity contribution in [3.63, 3.8) is 0 Å². The maximum absolute atomic E-state index is 12.8. The van der Waals surface area contributed by atoms with Gasteiger partial charge in [0.2, 0.25) is 11.8 Å². The van der Waals surface area contributed by atoms with E-state index in [1.165, 1.54) is 6.92 Å². The van der Waals surface area contributed by atoms with Crippen molar-refractivity contribution in [2.24, 2.45) is 0 Å². The number of amides is 2. The van der Waals surface area contributed by atoms with Gasteiger partial charge in [0.1, 0.15) is 11.8 Å². The van der Waals surface area contributed by atoms with Gasteiger partial charge in [0.15, 0.2) is 0 Å². The zero-order chi connectivity index (χ0) is 20.1. The summed E-state index contributed by atoms with van der Waals surface area (Å²) in [6.07, 6.45) is 1.82. The molecule has 0 aliphatic carbocycles. The van der Waals surface area contributed by atoms with Crippen LogP contribution in [0.4, 0.5) is 17.1 Å². The summed E-state index contributed by atoms with van der Waals surface area (Å²) in [5.41, 5.74) is 3.66. The molecule has 2 aromatic rings. The molecule has 0 saturated carbocycles. The quantitative estimate of drug-likeness (QED) is 0.798. The first-order chi connectivity index (χ1) is 13.5. The van der Waals surface area contributed by atoms with Crippen molar-refractivity contribution in [1.82, 2.24) is 0 Å². The second-order valence-corrected chi connectivity index (χ2v) is 6.90. The number of fused-ring (bicyclic) bond motifs is 1. The molecule has 148 valence electrons. The van der Waals surface area contributed by atoms with E-state index in [-0.39, 0.29) is 17.9 Å². The van der Waals surface area contributed by atoms with Gasteiger partial charge in [-0.1, -0.05) is 6.07 Å². The van der Waals surface area contributed by atoms with Crippen LogP contribution in [0.2, 0.25) is 0 Å². The van der Waals surface area contributed by atoms with Gasteiger partial charge in [-0.3, -0.25) is 9.59 Å². The van der Waals surface area contributed by atoms with E-state index >= 15 is 0 Å². The van der Waals surface area contributed by atoms with E-state index in [1.54, 1.807) is 0 Å². The summed E-state index contributed by atoms with van der Waals surface area (Å²) in [7, 11) is 0. The summed E-state index contributed by atoms with van der Waals surface area (Å²) < 4.78 is 5.44. The molecule has 1 aliphatic heterocycles. The van der Waals surface area contributed by atoms with Crippen molar-refractivity contribution >= 4 is 28.9 Å². The van der Waals surface area contributed by atoms with Gasteiger partial charge in [-0.15, -0.1) is 0 Å². The first-order valence-electron chi connectivity index (χ1n) is 9.69. The lowest BCUT2D eigenvalue weighted by Crippen LogP contribution is -2.44. The summed E-state index contributed by atoms with van der Waals surface area (Å²) in [6.45, 7) is 6.76. The molecule has 1 aliphatic rings. The average molecular weight is 381 g/mol. The summed E-state index contributed by atoms with van der Waals surface area (Å²) in [6, 6.07) is 12.9. The minimum atomic E-state index is -0.335. The molecule has 1 atom stereocenters. The van der Waals surface area contributed by atoms with E-state index in [2.05, 4.69) is 15.5 Å². The third-order valence-corrected chi connectivity index (χ3v) is 4.88. The number of hydrogen-bond donors (Lipinski definition) is 2. The Morgan fingerprint density at radius 2 is 1.89 bits per heavy atom. The highest BCUT2D eigenvalue weighted by molar-refractivity contribution is 5.97. The average Bonchev–Trinajstić information content (AvgIpc) is 2.68. The maximum Gasteiger partial charge on any atom is 0.246 e. The van der Waals surface area contributed by atoms with Crippen molar-refractivity contribution < 1.29 is 14.3 Å². The van der Waals surface area contributed by atoms with E-state index in [9.17, 15) is 9.59 Å². The number of nitrogens with one attached hydrogen (secondary N) is 2. The number of carbonyl (C=O) groups is 2.